The molecule has 15 heteroatoms. The van der Waals surface area contributed by atoms with Gasteiger partial charge in [0.2, 0.25) is 0 Å². The van der Waals surface area contributed by atoms with Crippen LogP contribution in [-0.4, -0.2) is 47.1 Å². The molecule has 0 fully saturated rings. The average molecular weight is 358 g/mol. The van der Waals surface area contributed by atoms with Crippen molar-refractivity contribution in [2.24, 2.45) is 0 Å². The second-order valence-corrected chi connectivity index (χ2v) is 3.42. The second kappa shape index (κ2) is 5.20. The zero-order valence-electron chi connectivity index (χ0n) is 9.33. The van der Waals surface area contributed by atoms with Gasteiger partial charge in [-0.2, -0.15) is 48.3 Å². The Bertz CT molecular complexity index is 447. The van der Waals surface area contributed by atoms with Crippen LogP contribution >= 0.6 is 0 Å². The van der Waals surface area contributed by atoms with Crippen molar-refractivity contribution in [2.45, 2.75) is 30.2 Å². The van der Waals surface area contributed by atoms with Crippen LogP contribution in [0.5, 0.6) is 0 Å². The SMILES string of the molecule is O=C(O)C(=O)C(F)(OC(F)(C(F)(F)F)C(F)(F)F)C(F)(F)F. The van der Waals surface area contributed by atoms with E-state index in [1.807, 2.05) is 0 Å². The van der Waals surface area contributed by atoms with E-state index in [0.717, 1.165) is 0 Å². The van der Waals surface area contributed by atoms with Gasteiger partial charge in [0.05, 0.1) is 0 Å². The van der Waals surface area contributed by atoms with Crippen LogP contribution in [0, 0.1) is 0 Å². The highest BCUT2D eigenvalue weighted by Crippen LogP contribution is 2.52. The number of alkyl halides is 11. The normalized spacial score (nSPS) is 17.0. The number of carbonyl (C=O) groups is 2. The number of hydrogen-bond acceptors (Lipinski definition) is 3. The number of ether oxygens (including phenoxy) is 1. The molecule has 0 aliphatic rings. The van der Waals surface area contributed by atoms with Crippen LogP contribution in [0.4, 0.5) is 48.3 Å². The lowest BCUT2D eigenvalue weighted by molar-refractivity contribution is -0.479. The Morgan fingerprint density at radius 2 is 1.00 bits per heavy atom. The van der Waals surface area contributed by atoms with Gasteiger partial charge in [-0.05, 0) is 0 Å². The van der Waals surface area contributed by atoms with E-state index in [1.165, 1.54) is 0 Å². The van der Waals surface area contributed by atoms with Crippen LogP contribution in [0.25, 0.3) is 0 Å². The number of halogens is 11. The van der Waals surface area contributed by atoms with Gasteiger partial charge in [-0.15, -0.1) is 0 Å². The molecule has 0 aromatic rings. The smallest absolute Gasteiger partial charge is 0.458 e. The van der Waals surface area contributed by atoms with Crippen LogP contribution in [0.3, 0.4) is 0 Å². The molecule has 4 nitrogen and oxygen atoms in total. The Morgan fingerprint density at radius 1 is 0.682 bits per heavy atom. The van der Waals surface area contributed by atoms with E-state index in [2.05, 4.69) is 0 Å². The summed E-state index contributed by atoms with van der Waals surface area (Å²) in [6.07, 6.45) is -21.7. The Labute approximate surface area is 111 Å². The third kappa shape index (κ3) is 3.22. The number of carboxylic acid groups (broad SMARTS) is 1. The van der Waals surface area contributed by atoms with Gasteiger partial charge in [-0.3, -0.25) is 9.53 Å². The molecule has 0 aliphatic carbocycles. The van der Waals surface area contributed by atoms with Gasteiger partial charge >= 0.3 is 42.0 Å². The minimum atomic E-state index is -7.31. The lowest BCUT2D eigenvalue weighted by atomic mass is 10.1. The van der Waals surface area contributed by atoms with Crippen molar-refractivity contribution in [1.82, 2.24) is 0 Å². The van der Waals surface area contributed by atoms with Crippen molar-refractivity contribution >= 4 is 11.8 Å². The van der Waals surface area contributed by atoms with E-state index in [9.17, 15) is 57.9 Å². The fourth-order valence-electron chi connectivity index (χ4n) is 0.841. The van der Waals surface area contributed by atoms with Gasteiger partial charge in [-0.25, -0.2) is 4.79 Å². The molecule has 130 valence electrons. The summed E-state index contributed by atoms with van der Waals surface area (Å²) in [6.45, 7) is 0. The van der Waals surface area contributed by atoms with Crippen molar-refractivity contribution < 1.29 is 67.7 Å². The number of aliphatic carboxylic acids is 1. The van der Waals surface area contributed by atoms with Crippen LogP contribution in [0.1, 0.15) is 0 Å². The van der Waals surface area contributed by atoms with Crippen LogP contribution < -0.4 is 0 Å². The van der Waals surface area contributed by atoms with Crippen molar-refractivity contribution in [3.63, 3.8) is 0 Å². The summed E-state index contributed by atoms with van der Waals surface area (Å²) < 4.78 is 136. The molecule has 1 unspecified atom stereocenters. The molecule has 1 N–H and O–H groups in total. The maximum absolute atomic E-state index is 13.2. The fraction of sp³-hybridized carbons (Fsp3) is 0.714. The zero-order chi connectivity index (χ0) is 18.4. The highest BCUT2D eigenvalue weighted by atomic mass is 19.4. The highest BCUT2D eigenvalue weighted by molar-refractivity contribution is 6.35. The highest BCUT2D eigenvalue weighted by Gasteiger charge is 2.81. The number of carbonyl (C=O) groups excluding carboxylic acids is 1. The number of ketones is 1. The molecule has 0 heterocycles. The lowest BCUT2D eigenvalue weighted by Gasteiger charge is -2.35. The zero-order valence-corrected chi connectivity index (χ0v) is 9.33. The molecule has 0 saturated carbocycles. The molecule has 1 atom stereocenters. The molecule has 0 saturated heterocycles. The predicted octanol–water partition coefficient (Wildman–Crippen LogP) is 2.68. The molecule has 0 bridgehead atoms. The maximum Gasteiger partial charge on any atom is 0.458 e. The van der Waals surface area contributed by atoms with Gasteiger partial charge in [0.15, 0.2) is 0 Å². The van der Waals surface area contributed by atoms with Crippen LogP contribution in [0.15, 0.2) is 0 Å². The summed E-state index contributed by atoms with van der Waals surface area (Å²) in [7, 11) is 0. The molecule has 22 heavy (non-hydrogen) atoms. The molecule has 0 spiro atoms. The molecule has 0 aromatic carbocycles. The summed E-state index contributed by atoms with van der Waals surface area (Å²) in [5, 5.41) is 7.83. The van der Waals surface area contributed by atoms with Gasteiger partial charge in [0.25, 0.3) is 0 Å². The first-order chi connectivity index (χ1) is 9.31. The third-order valence-corrected chi connectivity index (χ3v) is 1.86. The van der Waals surface area contributed by atoms with Gasteiger partial charge in [-0.1, -0.05) is 0 Å². The number of rotatable bonds is 4. The molecular weight excluding hydrogens is 357 g/mol. The minimum Gasteiger partial charge on any atom is -0.475 e. The fourth-order valence-corrected chi connectivity index (χ4v) is 0.841. The number of hydrogen-bond donors (Lipinski definition) is 1. The maximum atomic E-state index is 13.2. The van der Waals surface area contributed by atoms with E-state index < -0.39 is 42.0 Å². The summed E-state index contributed by atoms with van der Waals surface area (Å²) in [4.78, 5) is 20.3. The Hall–Kier alpha value is -1.67. The van der Waals surface area contributed by atoms with Crippen molar-refractivity contribution in [1.29, 1.82) is 0 Å². The third-order valence-electron chi connectivity index (χ3n) is 1.86. The first-order valence-electron chi connectivity index (χ1n) is 4.37. The Morgan fingerprint density at radius 3 is 1.18 bits per heavy atom. The number of carboxylic acids is 1. The van der Waals surface area contributed by atoms with Crippen molar-refractivity contribution in [3.05, 3.63) is 0 Å². The summed E-state index contributed by atoms with van der Waals surface area (Å²) in [6, 6.07) is 0. The second-order valence-electron chi connectivity index (χ2n) is 3.42. The molecule has 0 radical (unpaired) electrons. The van der Waals surface area contributed by atoms with E-state index >= 15 is 0 Å². The van der Waals surface area contributed by atoms with Crippen molar-refractivity contribution in [2.75, 3.05) is 0 Å². The first-order valence-corrected chi connectivity index (χ1v) is 4.37. The largest absolute Gasteiger partial charge is 0.475 e. The summed E-state index contributed by atoms with van der Waals surface area (Å²) >= 11 is 0. The molecule has 0 aromatic heterocycles. The Balaban J connectivity index is 6.25. The molecule has 0 aliphatic heterocycles. The van der Waals surface area contributed by atoms with Crippen LogP contribution in [-0.2, 0) is 14.3 Å². The summed E-state index contributed by atoms with van der Waals surface area (Å²) in [5.41, 5.74) is 0. The van der Waals surface area contributed by atoms with Crippen molar-refractivity contribution in [3.8, 4) is 0 Å². The standard InChI is InChI=1S/C7HF11O4/c8-3(5(10,11)12,1(19)2(20)21)22-4(9,6(13,14)15)7(16,17)18/h(H,20,21). The monoisotopic (exact) mass is 358 g/mol. The molecular formula is C7HF11O4. The summed E-state index contributed by atoms with van der Waals surface area (Å²) in [5.74, 6) is -21.4. The quantitative estimate of drug-likeness (QED) is 0.620. The van der Waals surface area contributed by atoms with E-state index in [4.69, 9.17) is 5.11 Å². The van der Waals surface area contributed by atoms with Gasteiger partial charge in [0, 0.05) is 0 Å². The topological polar surface area (TPSA) is 63.6 Å². The van der Waals surface area contributed by atoms with E-state index in [1.54, 1.807) is 4.74 Å². The Kier molecular flexibility index (Phi) is 4.81. The van der Waals surface area contributed by atoms with E-state index in [-0.39, 0.29) is 0 Å². The van der Waals surface area contributed by atoms with E-state index in [0.29, 0.717) is 0 Å². The molecule has 0 amide bonds. The van der Waals surface area contributed by atoms with Crippen LogP contribution in [0.2, 0.25) is 0 Å². The predicted molar refractivity (Wildman–Crippen MR) is 39.6 cm³/mol. The van der Waals surface area contributed by atoms with Gasteiger partial charge < -0.3 is 5.11 Å². The number of Topliss-reactive ketones (excluding diaryl/α,β-unsaturated/α-hetero) is 1. The van der Waals surface area contributed by atoms with Gasteiger partial charge in [0.1, 0.15) is 0 Å². The first kappa shape index (κ1) is 20.3. The molecule has 0 rings (SSSR count). The minimum absolute atomic E-state index is 1.70. The average Bonchev–Trinajstić information content (AvgIpc) is 2.22. The lowest BCUT2D eigenvalue weighted by Crippen LogP contribution is -2.65.